The minimum absolute atomic E-state index is 0.341. The quantitative estimate of drug-likeness (QED) is 0.695. The molecule has 0 fully saturated rings. The molecule has 0 bridgehead atoms. The van der Waals surface area contributed by atoms with Crippen LogP contribution in [0.25, 0.3) is 0 Å². The number of rotatable bonds is 1. The van der Waals surface area contributed by atoms with Crippen molar-refractivity contribution < 1.29 is 18.3 Å². The average Bonchev–Trinajstić information content (AvgIpc) is 2.03. The fraction of sp³-hybridized carbons (Fsp3) is 0.286. The Bertz CT molecular complexity index is 355. The van der Waals surface area contributed by atoms with Crippen LogP contribution in [-0.2, 0) is 12.8 Å². The predicted molar refractivity (Wildman–Crippen MR) is 38.0 cm³/mol. The van der Waals surface area contributed by atoms with Crippen molar-refractivity contribution in [2.24, 2.45) is 0 Å². The second-order valence-corrected chi connectivity index (χ2v) is 2.38. The molecule has 0 unspecified atom stereocenters. The van der Waals surface area contributed by atoms with Crippen LogP contribution in [0, 0.1) is 0 Å². The Kier molecular flexibility index (Phi) is 2.42. The topological polar surface area (TPSA) is 53.1 Å². The number of halogens is 3. The number of alkyl halides is 3. The van der Waals surface area contributed by atoms with Gasteiger partial charge in [-0.15, -0.1) is 0 Å². The summed E-state index contributed by atoms with van der Waals surface area (Å²) >= 11 is 0. The molecule has 0 saturated heterocycles. The number of pyridine rings is 1. The molecule has 1 heterocycles. The molecule has 0 saturated carbocycles. The maximum Gasteiger partial charge on any atom is 0.431 e. The number of aromatic nitrogens is 1. The Balaban J connectivity index is 3.32. The van der Waals surface area contributed by atoms with Crippen molar-refractivity contribution >= 4 is 0 Å². The fourth-order valence-electron chi connectivity index (χ4n) is 0.889. The summed E-state index contributed by atoms with van der Waals surface area (Å²) in [6, 6.07) is 1.88. The lowest BCUT2D eigenvalue weighted by Gasteiger charge is -2.09. The van der Waals surface area contributed by atoms with Gasteiger partial charge in [0, 0.05) is 11.6 Å². The molecule has 72 valence electrons. The lowest BCUT2D eigenvalue weighted by Crippen LogP contribution is -2.18. The number of hydrogen-bond donors (Lipinski definition) is 2. The van der Waals surface area contributed by atoms with Crippen molar-refractivity contribution in [3.05, 3.63) is 33.7 Å². The molecule has 1 aromatic heterocycles. The zero-order valence-electron chi connectivity index (χ0n) is 6.35. The summed E-state index contributed by atoms with van der Waals surface area (Å²) in [5, 5.41) is 8.55. The Morgan fingerprint density at radius 2 is 2.00 bits per heavy atom. The molecule has 1 rings (SSSR count). The number of H-pyrrole nitrogens is 1. The number of hydrogen-bond acceptors (Lipinski definition) is 2. The largest absolute Gasteiger partial charge is 0.431 e. The van der Waals surface area contributed by atoms with Crippen LogP contribution in [0.3, 0.4) is 0 Å². The van der Waals surface area contributed by atoms with E-state index in [1.807, 2.05) is 0 Å². The number of aliphatic hydroxyl groups excluding tert-OH is 1. The SMILES string of the molecule is O=c1ccc(CO)c(C(F)(F)F)[nH]1. The Hall–Kier alpha value is -1.30. The molecule has 0 radical (unpaired) electrons. The van der Waals surface area contributed by atoms with Gasteiger partial charge in [0.15, 0.2) is 0 Å². The minimum atomic E-state index is -4.64. The molecule has 3 nitrogen and oxygen atoms in total. The van der Waals surface area contributed by atoms with E-state index >= 15 is 0 Å². The highest BCUT2D eigenvalue weighted by Crippen LogP contribution is 2.29. The van der Waals surface area contributed by atoms with Crippen LogP contribution in [0.1, 0.15) is 11.3 Å². The van der Waals surface area contributed by atoms with Gasteiger partial charge in [-0.2, -0.15) is 13.2 Å². The first kappa shape index (κ1) is 9.79. The van der Waals surface area contributed by atoms with E-state index in [1.54, 1.807) is 4.98 Å². The molecule has 2 N–H and O–H groups in total. The highest BCUT2D eigenvalue weighted by atomic mass is 19.4. The van der Waals surface area contributed by atoms with Crippen LogP contribution in [0.2, 0.25) is 0 Å². The van der Waals surface area contributed by atoms with Gasteiger partial charge in [-0.1, -0.05) is 0 Å². The van der Waals surface area contributed by atoms with E-state index in [4.69, 9.17) is 5.11 Å². The van der Waals surface area contributed by atoms with Crippen molar-refractivity contribution in [2.75, 3.05) is 0 Å². The second kappa shape index (κ2) is 3.21. The number of aromatic amines is 1. The van der Waals surface area contributed by atoms with E-state index in [-0.39, 0.29) is 5.56 Å². The van der Waals surface area contributed by atoms with Gasteiger partial charge >= 0.3 is 6.18 Å². The van der Waals surface area contributed by atoms with Crippen molar-refractivity contribution in [1.29, 1.82) is 0 Å². The lowest BCUT2D eigenvalue weighted by molar-refractivity contribution is -0.142. The van der Waals surface area contributed by atoms with Gasteiger partial charge in [0.05, 0.1) is 6.61 Å². The van der Waals surface area contributed by atoms with E-state index in [2.05, 4.69) is 0 Å². The summed E-state index contributed by atoms with van der Waals surface area (Å²) in [6.07, 6.45) is -4.64. The molecular weight excluding hydrogens is 187 g/mol. The number of aliphatic hydroxyl groups is 1. The molecule has 0 aliphatic rings. The van der Waals surface area contributed by atoms with E-state index < -0.39 is 24.0 Å². The first-order chi connectivity index (χ1) is 5.95. The summed E-state index contributed by atoms with van der Waals surface area (Å²) in [5.74, 6) is 0. The van der Waals surface area contributed by atoms with Gasteiger partial charge in [-0.05, 0) is 6.07 Å². The highest BCUT2D eigenvalue weighted by Gasteiger charge is 2.34. The predicted octanol–water partition coefficient (Wildman–Crippen LogP) is 0.886. The van der Waals surface area contributed by atoms with E-state index in [1.165, 1.54) is 0 Å². The van der Waals surface area contributed by atoms with Crippen molar-refractivity contribution in [3.63, 3.8) is 0 Å². The third kappa shape index (κ3) is 2.09. The molecule has 0 amide bonds. The summed E-state index contributed by atoms with van der Waals surface area (Å²) < 4.78 is 36.4. The first-order valence-electron chi connectivity index (χ1n) is 3.35. The minimum Gasteiger partial charge on any atom is -0.392 e. The molecule has 0 spiro atoms. The second-order valence-electron chi connectivity index (χ2n) is 2.38. The van der Waals surface area contributed by atoms with Gasteiger partial charge < -0.3 is 10.1 Å². The van der Waals surface area contributed by atoms with E-state index in [0.717, 1.165) is 12.1 Å². The fourth-order valence-corrected chi connectivity index (χ4v) is 0.889. The summed E-state index contributed by atoms with van der Waals surface area (Å²) in [5.41, 5.74) is -2.38. The first-order valence-corrected chi connectivity index (χ1v) is 3.35. The zero-order chi connectivity index (χ0) is 10.1. The summed E-state index contributed by atoms with van der Waals surface area (Å²) in [4.78, 5) is 12.2. The zero-order valence-corrected chi connectivity index (χ0v) is 6.35. The molecular formula is C7H6F3NO2. The maximum atomic E-state index is 12.1. The van der Waals surface area contributed by atoms with Gasteiger partial charge in [-0.25, -0.2) is 0 Å². The highest BCUT2D eigenvalue weighted by molar-refractivity contribution is 5.21. The lowest BCUT2D eigenvalue weighted by atomic mass is 10.2. The van der Waals surface area contributed by atoms with Gasteiger partial charge in [0.1, 0.15) is 5.69 Å². The number of nitrogens with one attached hydrogen (secondary N) is 1. The van der Waals surface area contributed by atoms with E-state index in [9.17, 15) is 18.0 Å². The normalized spacial score (nSPS) is 11.7. The van der Waals surface area contributed by atoms with Crippen LogP contribution in [0.5, 0.6) is 0 Å². The van der Waals surface area contributed by atoms with Gasteiger partial charge in [-0.3, -0.25) is 4.79 Å². The molecule has 0 aliphatic carbocycles. The maximum absolute atomic E-state index is 12.1. The molecule has 6 heteroatoms. The van der Waals surface area contributed by atoms with Crippen LogP contribution in [0.15, 0.2) is 16.9 Å². The average molecular weight is 193 g/mol. The summed E-state index contributed by atoms with van der Waals surface area (Å²) in [7, 11) is 0. The van der Waals surface area contributed by atoms with Gasteiger partial charge in [0.25, 0.3) is 0 Å². The van der Waals surface area contributed by atoms with Crippen LogP contribution >= 0.6 is 0 Å². The van der Waals surface area contributed by atoms with E-state index in [0.29, 0.717) is 0 Å². The van der Waals surface area contributed by atoms with Gasteiger partial charge in [0.2, 0.25) is 5.56 Å². The smallest absolute Gasteiger partial charge is 0.392 e. The third-order valence-electron chi connectivity index (χ3n) is 1.46. The van der Waals surface area contributed by atoms with Crippen LogP contribution in [0.4, 0.5) is 13.2 Å². The third-order valence-corrected chi connectivity index (χ3v) is 1.46. The Labute approximate surface area is 70.8 Å². The molecule has 0 aromatic carbocycles. The summed E-state index contributed by atoms with van der Waals surface area (Å²) in [6.45, 7) is -0.758. The molecule has 0 aliphatic heterocycles. The molecule has 1 aromatic rings. The Morgan fingerprint density at radius 1 is 1.38 bits per heavy atom. The monoisotopic (exact) mass is 193 g/mol. The van der Waals surface area contributed by atoms with Crippen LogP contribution in [-0.4, -0.2) is 10.1 Å². The van der Waals surface area contributed by atoms with Crippen molar-refractivity contribution in [2.45, 2.75) is 12.8 Å². The van der Waals surface area contributed by atoms with Crippen molar-refractivity contribution in [3.8, 4) is 0 Å². The van der Waals surface area contributed by atoms with Crippen LogP contribution < -0.4 is 5.56 Å². The van der Waals surface area contributed by atoms with Crippen molar-refractivity contribution in [1.82, 2.24) is 4.98 Å². The molecule has 13 heavy (non-hydrogen) atoms. The Morgan fingerprint density at radius 3 is 2.46 bits per heavy atom. The standard InChI is InChI=1S/C7H6F3NO2/c8-7(9,10)6-4(3-12)1-2-5(13)11-6/h1-2,12H,3H2,(H,11,13). The molecule has 0 atom stereocenters.